The van der Waals surface area contributed by atoms with E-state index in [2.05, 4.69) is 26.1 Å². The number of nitrogens with one attached hydrogen (secondary N) is 1. The van der Waals surface area contributed by atoms with Crippen LogP contribution in [0.4, 0.5) is 0 Å². The van der Waals surface area contributed by atoms with E-state index in [0.29, 0.717) is 0 Å². The molecule has 0 bridgehead atoms. The molecule has 5 heteroatoms. The predicted molar refractivity (Wildman–Crippen MR) is 60.7 cm³/mol. The van der Waals surface area contributed by atoms with Crippen LogP contribution in [0.5, 0.6) is 0 Å². The number of nitrogens with two attached hydrogens (primary N) is 1. The van der Waals surface area contributed by atoms with Gasteiger partial charge in [-0.2, -0.15) is 0 Å². The molecule has 0 aromatic heterocycles. The summed E-state index contributed by atoms with van der Waals surface area (Å²) in [6.07, 6.45) is 3.58. The van der Waals surface area contributed by atoms with E-state index in [1.165, 1.54) is 0 Å². The maximum Gasteiger partial charge on any atom is 0.0798 e. The molecule has 1 saturated heterocycles. The summed E-state index contributed by atoms with van der Waals surface area (Å²) in [6.45, 7) is 3.32. The summed E-state index contributed by atoms with van der Waals surface area (Å²) in [4.78, 5) is 2.20. The molecule has 0 radical (unpaired) electrons. The molecule has 0 saturated carbocycles. The molecule has 0 atom stereocenters. The quantitative estimate of drug-likeness (QED) is 0.577. The number of hydrogen-bond donors (Lipinski definition) is 2. The van der Waals surface area contributed by atoms with E-state index in [1.807, 2.05) is 13.1 Å². The van der Waals surface area contributed by atoms with Gasteiger partial charge in [0.1, 0.15) is 0 Å². The number of ether oxygens (including phenoxy) is 1. The van der Waals surface area contributed by atoms with Crippen molar-refractivity contribution in [1.29, 1.82) is 0 Å². The SMILES string of the molecule is CNC(Br)=CC(=CN)N1CCOCC1. The molecule has 0 spiro atoms. The van der Waals surface area contributed by atoms with Gasteiger partial charge in [0.05, 0.1) is 23.5 Å². The summed E-state index contributed by atoms with van der Waals surface area (Å²) >= 11 is 3.38. The van der Waals surface area contributed by atoms with Gasteiger partial charge in [0.2, 0.25) is 0 Å². The molecule has 1 fully saturated rings. The Labute approximate surface area is 92.9 Å². The third-order valence-corrected chi connectivity index (χ3v) is 2.69. The van der Waals surface area contributed by atoms with E-state index in [9.17, 15) is 0 Å². The van der Waals surface area contributed by atoms with E-state index in [4.69, 9.17) is 10.5 Å². The molecule has 0 aliphatic carbocycles. The fraction of sp³-hybridized carbons (Fsp3) is 0.556. The molecule has 1 aliphatic heterocycles. The lowest BCUT2D eigenvalue weighted by Crippen LogP contribution is -2.35. The first-order valence-electron chi connectivity index (χ1n) is 4.57. The molecule has 1 aliphatic rings. The van der Waals surface area contributed by atoms with Crippen molar-refractivity contribution in [3.8, 4) is 0 Å². The second-order valence-corrected chi connectivity index (χ2v) is 3.79. The van der Waals surface area contributed by atoms with E-state index < -0.39 is 0 Å². The van der Waals surface area contributed by atoms with Gasteiger partial charge in [-0.05, 0) is 22.0 Å². The topological polar surface area (TPSA) is 50.5 Å². The lowest BCUT2D eigenvalue weighted by atomic mass is 10.3. The Balaban J connectivity index is 2.61. The fourth-order valence-electron chi connectivity index (χ4n) is 1.27. The monoisotopic (exact) mass is 261 g/mol. The van der Waals surface area contributed by atoms with Gasteiger partial charge in [-0.15, -0.1) is 0 Å². The number of rotatable bonds is 3. The second-order valence-electron chi connectivity index (χ2n) is 2.93. The molecule has 0 aromatic carbocycles. The van der Waals surface area contributed by atoms with Crippen molar-refractivity contribution in [1.82, 2.24) is 10.2 Å². The predicted octanol–water partition coefficient (Wildman–Crippen LogP) is 0.574. The van der Waals surface area contributed by atoms with Crippen LogP contribution in [-0.4, -0.2) is 38.3 Å². The fourth-order valence-corrected chi connectivity index (χ4v) is 1.50. The molecule has 1 rings (SSSR count). The van der Waals surface area contributed by atoms with Crippen LogP contribution in [0.25, 0.3) is 0 Å². The minimum atomic E-state index is 0.766. The number of hydrogen-bond acceptors (Lipinski definition) is 4. The van der Waals surface area contributed by atoms with E-state index >= 15 is 0 Å². The van der Waals surface area contributed by atoms with Crippen LogP contribution in [0, 0.1) is 0 Å². The highest BCUT2D eigenvalue weighted by Crippen LogP contribution is 2.11. The maximum atomic E-state index is 5.57. The first kappa shape index (κ1) is 11.4. The number of morpholine rings is 1. The standard InChI is InChI=1S/C9H16BrN3O/c1-12-9(10)6-8(7-11)13-2-4-14-5-3-13/h6-7,12H,2-5,11H2,1H3. The zero-order valence-corrected chi connectivity index (χ0v) is 9.88. The lowest BCUT2D eigenvalue weighted by molar-refractivity contribution is 0.0552. The van der Waals surface area contributed by atoms with Crippen LogP contribution >= 0.6 is 15.9 Å². The van der Waals surface area contributed by atoms with Crippen LogP contribution in [0.1, 0.15) is 0 Å². The Morgan fingerprint density at radius 1 is 1.50 bits per heavy atom. The summed E-state index contributed by atoms with van der Waals surface area (Å²) in [7, 11) is 1.86. The highest BCUT2D eigenvalue weighted by atomic mass is 79.9. The summed E-state index contributed by atoms with van der Waals surface area (Å²) in [5, 5.41) is 2.99. The molecule has 4 nitrogen and oxygen atoms in total. The average Bonchev–Trinajstić information content (AvgIpc) is 2.26. The Hall–Kier alpha value is -0.680. The van der Waals surface area contributed by atoms with Crippen molar-refractivity contribution in [2.75, 3.05) is 33.4 Å². The van der Waals surface area contributed by atoms with Gasteiger partial charge in [0.15, 0.2) is 0 Å². The zero-order valence-electron chi connectivity index (χ0n) is 8.29. The largest absolute Gasteiger partial charge is 0.403 e. The normalized spacial score (nSPS) is 19.7. The number of nitrogens with zero attached hydrogens (tertiary/aromatic N) is 1. The van der Waals surface area contributed by atoms with Crippen LogP contribution in [0.2, 0.25) is 0 Å². The van der Waals surface area contributed by atoms with Crippen molar-refractivity contribution in [2.24, 2.45) is 5.73 Å². The van der Waals surface area contributed by atoms with Gasteiger partial charge in [0.25, 0.3) is 0 Å². The van der Waals surface area contributed by atoms with Gasteiger partial charge in [0, 0.05) is 26.3 Å². The molecule has 1 heterocycles. The molecule has 14 heavy (non-hydrogen) atoms. The zero-order chi connectivity index (χ0) is 10.4. The lowest BCUT2D eigenvalue weighted by Gasteiger charge is -2.29. The summed E-state index contributed by atoms with van der Waals surface area (Å²) in [5.74, 6) is 0. The van der Waals surface area contributed by atoms with Crippen LogP contribution in [-0.2, 0) is 4.74 Å². The molecule has 80 valence electrons. The van der Waals surface area contributed by atoms with Gasteiger partial charge in [-0.1, -0.05) is 0 Å². The van der Waals surface area contributed by atoms with Crippen LogP contribution in [0.15, 0.2) is 22.6 Å². The highest BCUT2D eigenvalue weighted by Gasteiger charge is 2.11. The summed E-state index contributed by atoms with van der Waals surface area (Å²) in [5.41, 5.74) is 6.58. The molecular formula is C9H16BrN3O. The van der Waals surface area contributed by atoms with E-state index in [-0.39, 0.29) is 0 Å². The Morgan fingerprint density at radius 2 is 2.14 bits per heavy atom. The van der Waals surface area contributed by atoms with Crippen LogP contribution < -0.4 is 11.1 Å². The first-order valence-corrected chi connectivity index (χ1v) is 5.36. The summed E-state index contributed by atoms with van der Waals surface area (Å²) < 4.78 is 6.19. The van der Waals surface area contributed by atoms with Gasteiger partial charge in [-0.25, -0.2) is 0 Å². The first-order chi connectivity index (χ1) is 6.77. The molecular weight excluding hydrogens is 246 g/mol. The second kappa shape index (κ2) is 5.93. The highest BCUT2D eigenvalue weighted by molar-refractivity contribution is 9.11. The van der Waals surface area contributed by atoms with Crippen molar-refractivity contribution < 1.29 is 4.74 Å². The maximum absolute atomic E-state index is 5.57. The Bertz CT molecular complexity index is 234. The van der Waals surface area contributed by atoms with E-state index in [1.54, 1.807) is 6.20 Å². The van der Waals surface area contributed by atoms with Crippen molar-refractivity contribution in [3.05, 3.63) is 22.6 Å². The molecule has 3 N–H and O–H groups in total. The smallest absolute Gasteiger partial charge is 0.0798 e. The number of allylic oxidation sites excluding steroid dienone is 1. The van der Waals surface area contributed by atoms with Crippen molar-refractivity contribution in [3.63, 3.8) is 0 Å². The number of halogens is 1. The van der Waals surface area contributed by atoms with Gasteiger partial charge >= 0.3 is 0 Å². The molecule has 0 amide bonds. The summed E-state index contributed by atoms with van der Waals surface area (Å²) in [6, 6.07) is 0. The average molecular weight is 262 g/mol. The molecule has 0 aromatic rings. The van der Waals surface area contributed by atoms with Gasteiger partial charge < -0.3 is 20.7 Å². The van der Waals surface area contributed by atoms with Crippen LogP contribution in [0.3, 0.4) is 0 Å². The third kappa shape index (κ3) is 3.23. The van der Waals surface area contributed by atoms with E-state index in [0.717, 1.165) is 36.6 Å². The van der Waals surface area contributed by atoms with Crippen molar-refractivity contribution in [2.45, 2.75) is 0 Å². The van der Waals surface area contributed by atoms with Gasteiger partial charge in [-0.3, -0.25) is 0 Å². The minimum absolute atomic E-state index is 0.766. The Kier molecular flexibility index (Phi) is 4.82. The molecule has 0 unspecified atom stereocenters. The minimum Gasteiger partial charge on any atom is -0.403 e. The van der Waals surface area contributed by atoms with Crippen molar-refractivity contribution >= 4 is 15.9 Å². The Morgan fingerprint density at radius 3 is 2.64 bits per heavy atom. The third-order valence-electron chi connectivity index (χ3n) is 2.06.